The van der Waals surface area contributed by atoms with Crippen LogP contribution in [0.2, 0.25) is 0 Å². The maximum Gasteiger partial charge on any atom is 0.229 e. The summed E-state index contributed by atoms with van der Waals surface area (Å²) in [5.41, 5.74) is 0. The smallest absolute Gasteiger partial charge is 0.229 e. The summed E-state index contributed by atoms with van der Waals surface area (Å²) < 4.78 is 0. The van der Waals surface area contributed by atoms with Gasteiger partial charge in [0, 0.05) is 45.9 Å². The standard InChI is InChI=1S/C14H21N3O4/c1-15-14(21)10-3-2-7-16(9-10)11(18)6-8-17-12(19)4-5-13(17)20/h10H,2-9H2,1H3,(H,15,21). The summed E-state index contributed by atoms with van der Waals surface area (Å²) in [7, 11) is 1.59. The van der Waals surface area contributed by atoms with Gasteiger partial charge < -0.3 is 10.2 Å². The maximum atomic E-state index is 12.2. The molecule has 0 radical (unpaired) electrons. The summed E-state index contributed by atoms with van der Waals surface area (Å²) in [5.74, 6) is -0.708. The Morgan fingerprint density at radius 3 is 2.52 bits per heavy atom. The Morgan fingerprint density at radius 1 is 1.24 bits per heavy atom. The fourth-order valence-corrected chi connectivity index (χ4v) is 2.86. The highest BCUT2D eigenvalue weighted by Gasteiger charge is 2.31. The number of rotatable bonds is 4. The second kappa shape index (κ2) is 6.69. The van der Waals surface area contributed by atoms with Gasteiger partial charge in [-0.3, -0.25) is 24.1 Å². The number of nitrogens with one attached hydrogen (secondary N) is 1. The van der Waals surface area contributed by atoms with Gasteiger partial charge in [0.2, 0.25) is 23.6 Å². The molecule has 2 rings (SSSR count). The van der Waals surface area contributed by atoms with Crippen LogP contribution in [0.1, 0.15) is 32.1 Å². The number of hydrogen-bond acceptors (Lipinski definition) is 4. The van der Waals surface area contributed by atoms with Crippen LogP contribution in [-0.2, 0) is 19.2 Å². The third-order valence-electron chi connectivity index (χ3n) is 4.10. The predicted octanol–water partition coefficient (Wildman–Crippen LogP) is -0.490. The van der Waals surface area contributed by atoms with E-state index in [1.807, 2.05) is 0 Å². The number of carbonyl (C=O) groups excluding carboxylic acids is 4. The normalized spacial score (nSPS) is 22.6. The molecule has 1 unspecified atom stereocenters. The van der Waals surface area contributed by atoms with Gasteiger partial charge in [-0.05, 0) is 12.8 Å². The highest BCUT2D eigenvalue weighted by atomic mass is 16.2. The number of hydrogen-bond donors (Lipinski definition) is 1. The zero-order valence-electron chi connectivity index (χ0n) is 12.3. The van der Waals surface area contributed by atoms with Gasteiger partial charge in [0.25, 0.3) is 0 Å². The molecular formula is C14H21N3O4. The molecule has 2 saturated heterocycles. The second-order valence-corrected chi connectivity index (χ2v) is 5.48. The van der Waals surface area contributed by atoms with Crippen LogP contribution in [-0.4, -0.2) is 60.1 Å². The molecule has 0 aromatic rings. The van der Waals surface area contributed by atoms with Gasteiger partial charge in [0.05, 0.1) is 5.92 Å². The average molecular weight is 295 g/mol. The second-order valence-electron chi connectivity index (χ2n) is 5.48. The summed E-state index contributed by atoms with van der Waals surface area (Å²) in [4.78, 5) is 49.6. The van der Waals surface area contributed by atoms with E-state index in [1.54, 1.807) is 11.9 Å². The molecule has 7 heteroatoms. The van der Waals surface area contributed by atoms with E-state index >= 15 is 0 Å². The van der Waals surface area contributed by atoms with Crippen LogP contribution < -0.4 is 5.32 Å². The van der Waals surface area contributed by atoms with Crippen LogP contribution in [0.5, 0.6) is 0 Å². The SMILES string of the molecule is CNC(=O)C1CCCN(C(=O)CCN2C(=O)CCC2=O)C1. The van der Waals surface area contributed by atoms with E-state index < -0.39 is 0 Å². The Morgan fingerprint density at radius 2 is 1.90 bits per heavy atom. The fraction of sp³-hybridized carbons (Fsp3) is 0.714. The number of likely N-dealkylation sites (tertiary alicyclic amines) is 2. The Kier molecular flexibility index (Phi) is 4.93. The van der Waals surface area contributed by atoms with Crippen LogP contribution in [0, 0.1) is 5.92 Å². The third-order valence-corrected chi connectivity index (χ3v) is 4.10. The topological polar surface area (TPSA) is 86.8 Å². The molecule has 2 fully saturated rings. The molecule has 0 spiro atoms. The number of amides is 4. The lowest BCUT2D eigenvalue weighted by Gasteiger charge is -2.32. The molecule has 0 aromatic carbocycles. The lowest BCUT2D eigenvalue weighted by atomic mass is 9.97. The van der Waals surface area contributed by atoms with Gasteiger partial charge >= 0.3 is 0 Å². The molecule has 21 heavy (non-hydrogen) atoms. The average Bonchev–Trinajstić information content (AvgIpc) is 2.83. The van der Waals surface area contributed by atoms with Gasteiger partial charge in [-0.1, -0.05) is 0 Å². The lowest BCUT2D eigenvalue weighted by Crippen LogP contribution is -2.45. The van der Waals surface area contributed by atoms with Crippen molar-refractivity contribution in [1.82, 2.24) is 15.1 Å². The molecule has 7 nitrogen and oxygen atoms in total. The first-order chi connectivity index (χ1) is 10.0. The quantitative estimate of drug-likeness (QED) is 0.709. The molecule has 0 aromatic heterocycles. The number of imide groups is 1. The first-order valence-corrected chi connectivity index (χ1v) is 7.35. The predicted molar refractivity (Wildman–Crippen MR) is 73.9 cm³/mol. The van der Waals surface area contributed by atoms with E-state index in [-0.39, 0.29) is 55.4 Å². The maximum absolute atomic E-state index is 12.2. The molecule has 4 amide bonds. The first kappa shape index (κ1) is 15.5. The van der Waals surface area contributed by atoms with Crippen LogP contribution >= 0.6 is 0 Å². The molecule has 0 saturated carbocycles. The number of piperidine rings is 1. The summed E-state index contributed by atoms with van der Waals surface area (Å²) in [6.45, 7) is 1.20. The van der Waals surface area contributed by atoms with Crippen LogP contribution in [0.15, 0.2) is 0 Å². The Labute approximate surface area is 123 Å². The van der Waals surface area contributed by atoms with Crippen LogP contribution in [0.4, 0.5) is 0 Å². The van der Waals surface area contributed by atoms with Gasteiger partial charge in [-0.2, -0.15) is 0 Å². The van der Waals surface area contributed by atoms with Crippen molar-refractivity contribution in [1.29, 1.82) is 0 Å². The van der Waals surface area contributed by atoms with Crippen molar-refractivity contribution in [3.8, 4) is 0 Å². The molecule has 1 atom stereocenters. The van der Waals surface area contributed by atoms with Crippen molar-refractivity contribution in [3.05, 3.63) is 0 Å². The van der Waals surface area contributed by atoms with Crippen molar-refractivity contribution in [2.75, 3.05) is 26.7 Å². The van der Waals surface area contributed by atoms with Crippen LogP contribution in [0.3, 0.4) is 0 Å². The monoisotopic (exact) mass is 295 g/mol. The lowest BCUT2D eigenvalue weighted by molar-refractivity contribution is -0.139. The summed E-state index contributed by atoms with van der Waals surface area (Å²) >= 11 is 0. The van der Waals surface area contributed by atoms with Crippen molar-refractivity contribution in [3.63, 3.8) is 0 Å². The van der Waals surface area contributed by atoms with Gasteiger partial charge in [-0.15, -0.1) is 0 Å². The summed E-state index contributed by atoms with van der Waals surface area (Å²) in [6, 6.07) is 0. The Bertz CT molecular complexity index is 447. The highest BCUT2D eigenvalue weighted by Crippen LogP contribution is 2.18. The van der Waals surface area contributed by atoms with Gasteiger partial charge in [0.15, 0.2) is 0 Å². The molecule has 0 bridgehead atoms. The molecule has 1 N–H and O–H groups in total. The van der Waals surface area contributed by atoms with Crippen molar-refractivity contribution in [2.45, 2.75) is 32.1 Å². The zero-order valence-corrected chi connectivity index (χ0v) is 12.3. The van der Waals surface area contributed by atoms with Crippen molar-refractivity contribution >= 4 is 23.6 Å². The van der Waals surface area contributed by atoms with E-state index in [9.17, 15) is 19.2 Å². The Hall–Kier alpha value is -1.92. The molecule has 116 valence electrons. The molecule has 2 heterocycles. The van der Waals surface area contributed by atoms with Crippen molar-refractivity contribution in [2.24, 2.45) is 5.92 Å². The first-order valence-electron chi connectivity index (χ1n) is 7.35. The summed E-state index contributed by atoms with van der Waals surface area (Å²) in [6.07, 6.45) is 2.21. The van der Waals surface area contributed by atoms with Crippen molar-refractivity contribution < 1.29 is 19.2 Å². The van der Waals surface area contributed by atoms with E-state index in [1.165, 1.54) is 0 Å². The molecule has 0 aliphatic carbocycles. The number of nitrogens with zero attached hydrogens (tertiary/aromatic N) is 2. The van der Waals surface area contributed by atoms with Gasteiger partial charge in [0.1, 0.15) is 0 Å². The van der Waals surface area contributed by atoms with E-state index in [0.717, 1.165) is 17.7 Å². The molecule has 2 aliphatic rings. The highest BCUT2D eigenvalue weighted by molar-refractivity contribution is 6.02. The molecular weight excluding hydrogens is 274 g/mol. The van der Waals surface area contributed by atoms with E-state index in [4.69, 9.17) is 0 Å². The molecule has 2 aliphatic heterocycles. The zero-order chi connectivity index (χ0) is 15.4. The van der Waals surface area contributed by atoms with E-state index in [0.29, 0.717) is 13.1 Å². The van der Waals surface area contributed by atoms with Gasteiger partial charge in [-0.25, -0.2) is 0 Å². The minimum absolute atomic E-state index is 0.0441. The van der Waals surface area contributed by atoms with E-state index in [2.05, 4.69) is 5.32 Å². The minimum Gasteiger partial charge on any atom is -0.359 e. The largest absolute Gasteiger partial charge is 0.359 e. The Balaban J connectivity index is 1.84. The fourth-order valence-electron chi connectivity index (χ4n) is 2.86. The third kappa shape index (κ3) is 3.59. The minimum atomic E-state index is -0.199. The van der Waals surface area contributed by atoms with Crippen LogP contribution in [0.25, 0.3) is 0 Å². The number of carbonyl (C=O) groups is 4. The summed E-state index contributed by atoms with van der Waals surface area (Å²) in [5, 5.41) is 2.61.